The number of hydrogen-bond acceptors (Lipinski definition) is 5. The first-order valence-corrected chi connectivity index (χ1v) is 10.3. The second-order valence-corrected chi connectivity index (χ2v) is 7.70. The summed E-state index contributed by atoms with van der Waals surface area (Å²) in [5.41, 5.74) is 3.76. The molecule has 0 saturated carbocycles. The van der Waals surface area contributed by atoms with E-state index in [0.717, 1.165) is 15.9 Å². The van der Waals surface area contributed by atoms with E-state index in [4.69, 9.17) is 14.1 Å². The van der Waals surface area contributed by atoms with Gasteiger partial charge in [-0.05, 0) is 48.7 Å². The second kappa shape index (κ2) is 8.61. The summed E-state index contributed by atoms with van der Waals surface area (Å²) in [7, 11) is -3.29. The van der Waals surface area contributed by atoms with E-state index < -0.39 is 14.1 Å². The molecule has 0 aliphatic rings. The lowest BCUT2D eigenvalue weighted by molar-refractivity contribution is -0.130. The Morgan fingerprint density at radius 3 is 2.52 bits per heavy atom. The molecule has 0 fully saturated rings. The molecule has 2 N–H and O–H groups in total. The maximum Gasteiger partial charge on any atom is 0.543 e. The lowest BCUT2D eigenvalue weighted by atomic mass is 10.1. The molecule has 3 rings (SSSR count). The third-order valence-electron chi connectivity index (χ3n) is 4.60. The summed E-state index contributed by atoms with van der Waals surface area (Å²) >= 11 is 0. The van der Waals surface area contributed by atoms with Gasteiger partial charge in [0.15, 0.2) is 6.29 Å². The number of hydrogen-bond donors (Lipinski definition) is 2. The highest BCUT2D eigenvalue weighted by Crippen LogP contribution is 2.36. The molecule has 0 radical (unpaired) electrons. The molecule has 2 heterocycles. The first-order chi connectivity index (χ1) is 13.7. The zero-order chi connectivity index (χ0) is 21.2. The van der Waals surface area contributed by atoms with E-state index in [1.807, 2.05) is 0 Å². The van der Waals surface area contributed by atoms with Crippen LogP contribution in [-0.4, -0.2) is 32.9 Å². The van der Waals surface area contributed by atoms with Crippen molar-refractivity contribution in [3.8, 4) is 0 Å². The van der Waals surface area contributed by atoms with Gasteiger partial charge in [0, 0.05) is 19.7 Å². The molecular formula is C19H22FN2O6P. The molecular weight excluding hydrogens is 402 g/mol. The van der Waals surface area contributed by atoms with Crippen LogP contribution in [0.25, 0.3) is 11.0 Å². The van der Waals surface area contributed by atoms with Crippen LogP contribution in [-0.2, 0) is 27.1 Å². The van der Waals surface area contributed by atoms with Crippen molar-refractivity contribution < 1.29 is 32.8 Å². The Kier molecular flexibility index (Phi) is 6.36. The molecule has 0 amide bonds. The number of ether oxygens (including phenoxy) is 2. The summed E-state index contributed by atoms with van der Waals surface area (Å²) < 4.78 is 41.7. The molecule has 1 aromatic carbocycles. The van der Waals surface area contributed by atoms with Crippen molar-refractivity contribution in [3.63, 3.8) is 0 Å². The fraction of sp³-hybridized carbons (Fsp3) is 0.316. The maximum atomic E-state index is 13.0. The lowest BCUT2D eigenvalue weighted by Crippen LogP contribution is -2.19. The molecule has 10 heteroatoms. The van der Waals surface area contributed by atoms with Gasteiger partial charge in [-0.3, -0.25) is 14.8 Å². The summed E-state index contributed by atoms with van der Waals surface area (Å²) in [5, 5.41) is 0. The molecule has 8 nitrogen and oxygen atoms in total. The Hall–Kier alpha value is -2.29. The van der Waals surface area contributed by atoms with Gasteiger partial charge in [0.2, 0.25) is 0 Å². The standard InChI is InChI=1S/C19H22FN2O6P/c1-12-13(2)22(28-29(23,24)25)19-15(8-9-21-18(12)19)10-17(26-3)27-11-14-4-6-16(20)7-5-14/h4-9,17H,10-11H2,1-3H3,(H2,23,24,25). The van der Waals surface area contributed by atoms with Crippen LogP contribution in [0, 0.1) is 19.7 Å². The molecule has 156 valence electrons. The quantitative estimate of drug-likeness (QED) is 0.423. The third kappa shape index (κ3) is 5.01. The minimum Gasteiger partial charge on any atom is -0.356 e. The predicted molar refractivity (Wildman–Crippen MR) is 104 cm³/mol. The maximum absolute atomic E-state index is 13.0. The summed E-state index contributed by atoms with van der Waals surface area (Å²) in [6.07, 6.45) is 1.24. The van der Waals surface area contributed by atoms with Crippen LogP contribution in [0.2, 0.25) is 0 Å². The number of nitrogens with zero attached hydrogens (tertiary/aromatic N) is 2. The summed E-state index contributed by atoms with van der Waals surface area (Å²) in [6, 6.07) is 7.67. The van der Waals surface area contributed by atoms with Crippen molar-refractivity contribution in [2.45, 2.75) is 33.2 Å². The van der Waals surface area contributed by atoms with Gasteiger partial charge in [0.1, 0.15) is 11.3 Å². The van der Waals surface area contributed by atoms with Crippen LogP contribution < -0.4 is 4.62 Å². The van der Waals surface area contributed by atoms with Crippen molar-refractivity contribution in [1.82, 2.24) is 9.71 Å². The average Bonchev–Trinajstić information content (AvgIpc) is 2.91. The molecule has 0 spiro atoms. The largest absolute Gasteiger partial charge is 0.543 e. The van der Waals surface area contributed by atoms with Crippen LogP contribution >= 0.6 is 7.82 Å². The van der Waals surface area contributed by atoms with Crippen molar-refractivity contribution in [2.24, 2.45) is 0 Å². The minimum absolute atomic E-state index is 0.213. The van der Waals surface area contributed by atoms with Gasteiger partial charge in [-0.1, -0.05) is 12.1 Å². The molecule has 0 aliphatic carbocycles. The molecule has 1 unspecified atom stereocenters. The molecule has 29 heavy (non-hydrogen) atoms. The normalized spacial score (nSPS) is 13.0. The van der Waals surface area contributed by atoms with Gasteiger partial charge in [-0.15, -0.1) is 0 Å². The van der Waals surface area contributed by atoms with Gasteiger partial charge in [-0.2, -0.15) is 4.73 Å². The van der Waals surface area contributed by atoms with E-state index in [1.54, 1.807) is 38.2 Å². The first kappa shape index (κ1) is 21.4. The molecule has 3 aromatic rings. The SMILES string of the molecule is COC(Cc1ccnc2c(C)c(C)n(OP(=O)(O)O)c12)OCc1ccc(F)cc1. The van der Waals surface area contributed by atoms with E-state index in [-0.39, 0.29) is 18.8 Å². The molecule has 1 atom stereocenters. The Balaban J connectivity index is 1.88. The van der Waals surface area contributed by atoms with Gasteiger partial charge < -0.3 is 14.1 Å². The Bertz CT molecular complexity index is 1050. The number of halogens is 1. The van der Waals surface area contributed by atoms with Crippen LogP contribution in [0.3, 0.4) is 0 Å². The van der Waals surface area contributed by atoms with Crippen LogP contribution in [0.15, 0.2) is 36.5 Å². The number of benzene rings is 1. The molecule has 2 aromatic heterocycles. The van der Waals surface area contributed by atoms with Gasteiger partial charge in [-0.25, -0.2) is 8.96 Å². The number of fused-ring (bicyclic) bond motifs is 1. The van der Waals surface area contributed by atoms with Crippen molar-refractivity contribution >= 4 is 18.9 Å². The summed E-state index contributed by atoms with van der Waals surface area (Å²) in [6.45, 7) is 3.70. The van der Waals surface area contributed by atoms with Crippen LogP contribution in [0.1, 0.15) is 22.4 Å². The summed E-state index contributed by atoms with van der Waals surface area (Å²) in [5.74, 6) is -0.326. The van der Waals surface area contributed by atoms with Gasteiger partial charge >= 0.3 is 7.82 Å². The fourth-order valence-electron chi connectivity index (χ4n) is 3.02. The zero-order valence-corrected chi connectivity index (χ0v) is 17.1. The fourth-order valence-corrected chi connectivity index (χ4v) is 3.44. The molecule has 0 aliphatic heterocycles. The van der Waals surface area contributed by atoms with Gasteiger partial charge in [0.05, 0.1) is 17.8 Å². The van der Waals surface area contributed by atoms with Crippen molar-refractivity contribution in [3.05, 3.63) is 64.7 Å². The Morgan fingerprint density at radius 2 is 1.90 bits per heavy atom. The molecule has 0 bridgehead atoms. The first-order valence-electron chi connectivity index (χ1n) is 8.79. The summed E-state index contributed by atoms with van der Waals surface area (Å²) in [4.78, 5) is 22.9. The van der Waals surface area contributed by atoms with Crippen LogP contribution in [0.5, 0.6) is 0 Å². The Labute approximate surface area is 167 Å². The lowest BCUT2D eigenvalue weighted by Gasteiger charge is -2.18. The van der Waals surface area contributed by atoms with Crippen molar-refractivity contribution in [1.29, 1.82) is 0 Å². The minimum atomic E-state index is -4.78. The predicted octanol–water partition coefficient (Wildman–Crippen LogP) is 3.05. The number of rotatable bonds is 8. The second-order valence-electron chi connectivity index (χ2n) is 6.55. The number of methoxy groups -OCH3 is 1. The molecule has 0 saturated heterocycles. The number of aryl methyl sites for hydroxylation is 1. The van der Waals surface area contributed by atoms with E-state index in [0.29, 0.717) is 22.3 Å². The van der Waals surface area contributed by atoms with Gasteiger partial charge in [0.25, 0.3) is 0 Å². The van der Waals surface area contributed by atoms with E-state index in [2.05, 4.69) is 4.98 Å². The van der Waals surface area contributed by atoms with Crippen LogP contribution in [0.4, 0.5) is 4.39 Å². The number of phosphoric acid groups is 1. The highest BCUT2D eigenvalue weighted by atomic mass is 31.2. The monoisotopic (exact) mass is 424 g/mol. The Morgan fingerprint density at radius 1 is 1.21 bits per heavy atom. The topological polar surface area (TPSA) is 103 Å². The smallest absolute Gasteiger partial charge is 0.356 e. The average molecular weight is 424 g/mol. The van der Waals surface area contributed by atoms with E-state index in [1.165, 1.54) is 19.2 Å². The van der Waals surface area contributed by atoms with Crippen molar-refractivity contribution in [2.75, 3.05) is 7.11 Å². The number of aromatic nitrogens is 2. The highest BCUT2D eigenvalue weighted by Gasteiger charge is 2.24. The van der Waals surface area contributed by atoms with E-state index in [9.17, 15) is 18.7 Å². The highest BCUT2D eigenvalue weighted by molar-refractivity contribution is 7.46. The number of pyridine rings is 1. The van der Waals surface area contributed by atoms with E-state index >= 15 is 0 Å². The third-order valence-corrected chi connectivity index (χ3v) is 4.98. The zero-order valence-electron chi connectivity index (χ0n) is 16.2.